The van der Waals surface area contributed by atoms with Gasteiger partial charge in [-0.15, -0.1) is 0 Å². The Hall–Kier alpha value is -0.410. The van der Waals surface area contributed by atoms with Gasteiger partial charge in [0, 0.05) is 7.11 Å². The van der Waals surface area contributed by atoms with Crippen molar-refractivity contribution in [1.82, 2.24) is 0 Å². The number of carbonyl (C=O) groups is 1. The van der Waals surface area contributed by atoms with E-state index in [1.54, 1.807) is 7.11 Å². The molecule has 1 saturated carbocycles. The predicted octanol–water partition coefficient (Wildman–Crippen LogP) is 2.58. The van der Waals surface area contributed by atoms with Crippen LogP contribution >= 0.6 is 0 Å². The van der Waals surface area contributed by atoms with Crippen molar-refractivity contribution in [3.63, 3.8) is 0 Å². The lowest BCUT2D eigenvalue weighted by Gasteiger charge is -2.37. The van der Waals surface area contributed by atoms with Crippen molar-refractivity contribution in [2.45, 2.75) is 58.2 Å². The molecule has 1 rings (SSSR count). The van der Waals surface area contributed by atoms with Crippen molar-refractivity contribution in [3.8, 4) is 0 Å². The quantitative estimate of drug-likeness (QED) is 0.725. The Kier molecular flexibility index (Phi) is 4.93. The Morgan fingerprint density at radius 1 is 1.50 bits per heavy atom. The summed E-state index contributed by atoms with van der Waals surface area (Å²) in [6, 6.07) is 0. The van der Waals surface area contributed by atoms with Gasteiger partial charge in [-0.1, -0.05) is 13.3 Å². The SMILES string of the molecule is COC1(C(=O)COC(C)C)CCCC(C)C1. The molecule has 1 aliphatic rings. The largest absolute Gasteiger partial charge is 0.371 e. The molecule has 16 heavy (non-hydrogen) atoms. The van der Waals surface area contributed by atoms with E-state index >= 15 is 0 Å². The summed E-state index contributed by atoms with van der Waals surface area (Å²) >= 11 is 0. The smallest absolute Gasteiger partial charge is 0.190 e. The lowest BCUT2D eigenvalue weighted by Crippen LogP contribution is -2.46. The summed E-state index contributed by atoms with van der Waals surface area (Å²) in [5.74, 6) is 0.673. The zero-order valence-electron chi connectivity index (χ0n) is 10.9. The van der Waals surface area contributed by atoms with E-state index in [1.165, 1.54) is 6.42 Å². The Morgan fingerprint density at radius 3 is 2.69 bits per heavy atom. The number of rotatable bonds is 5. The number of methoxy groups -OCH3 is 1. The molecule has 2 unspecified atom stereocenters. The molecule has 0 amide bonds. The summed E-state index contributed by atoms with van der Waals surface area (Å²) in [4.78, 5) is 12.2. The van der Waals surface area contributed by atoms with Gasteiger partial charge in [-0.2, -0.15) is 0 Å². The van der Waals surface area contributed by atoms with E-state index in [0.717, 1.165) is 19.3 Å². The highest BCUT2D eigenvalue weighted by Gasteiger charge is 2.41. The van der Waals surface area contributed by atoms with Crippen LogP contribution in [0.4, 0.5) is 0 Å². The van der Waals surface area contributed by atoms with Gasteiger partial charge in [0.25, 0.3) is 0 Å². The van der Waals surface area contributed by atoms with Crippen LogP contribution in [0.25, 0.3) is 0 Å². The van der Waals surface area contributed by atoms with Gasteiger partial charge in [0.2, 0.25) is 0 Å². The Morgan fingerprint density at radius 2 is 2.19 bits per heavy atom. The first kappa shape index (κ1) is 13.7. The van der Waals surface area contributed by atoms with E-state index in [-0.39, 0.29) is 18.5 Å². The predicted molar refractivity (Wildman–Crippen MR) is 63.5 cm³/mol. The van der Waals surface area contributed by atoms with Crippen LogP contribution in [-0.2, 0) is 14.3 Å². The number of ether oxygens (including phenoxy) is 2. The molecule has 1 fully saturated rings. The number of hydrogen-bond donors (Lipinski definition) is 0. The van der Waals surface area contributed by atoms with Gasteiger partial charge in [-0.3, -0.25) is 4.79 Å². The van der Waals surface area contributed by atoms with E-state index in [0.29, 0.717) is 5.92 Å². The normalized spacial score (nSPS) is 30.7. The van der Waals surface area contributed by atoms with Gasteiger partial charge in [0.15, 0.2) is 5.78 Å². The van der Waals surface area contributed by atoms with Crippen LogP contribution in [0.3, 0.4) is 0 Å². The maximum absolute atomic E-state index is 12.2. The molecular formula is C13H24O3. The fraction of sp³-hybridized carbons (Fsp3) is 0.923. The maximum Gasteiger partial charge on any atom is 0.190 e. The molecule has 0 aromatic carbocycles. The summed E-state index contributed by atoms with van der Waals surface area (Å²) in [6.45, 7) is 6.24. The van der Waals surface area contributed by atoms with Crippen molar-refractivity contribution in [3.05, 3.63) is 0 Å². The van der Waals surface area contributed by atoms with Crippen molar-refractivity contribution >= 4 is 5.78 Å². The van der Waals surface area contributed by atoms with E-state index in [1.807, 2.05) is 13.8 Å². The van der Waals surface area contributed by atoms with Crippen molar-refractivity contribution in [1.29, 1.82) is 0 Å². The summed E-state index contributed by atoms with van der Waals surface area (Å²) in [5.41, 5.74) is -0.577. The maximum atomic E-state index is 12.2. The van der Waals surface area contributed by atoms with Gasteiger partial charge in [0.1, 0.15) is 12.2 Å². The topological polar surface area (TPSA) is 35.5 Å². The molecule has 0 aliphatic heterocycles. The van der Waals surface area contributed by atoms with Crippen molar-refractivity contribution in [2.75, 3.05) is 13.7 Å². The Balaban J connectivity index is 2.60. The monoisotopic (exact) mass is 228 g/mol. The average molecular weight is 228 g/mol. The van der Waals surface area contributed by atoms with Crippen LogP contribution in [0.15, 0.2) is 0 Å². The molecule has 3 nitrogen and oxygen atoms in total. The molecule has 94 valence electrons. The van der Waals surface area contributed by atoms with Gasteiger partial charge < -0.3 is 9.47 Å². The third-order valence-corrected chi connectivity index (χ3v) is 3.40. The lowest BCUT2D eigenvalue weighted by atomic mass is 9.76. The number of carbonyl (C=O) groups excluding carboxylic acids is 1. The molecule has 0 aromatic rings. The van der Waals surface area contributed by atoms with Crippen LogP contribution in [0.5, 0.6) is 0 Å². The second kappa shape index (κ2) is 5.78. The molecule has 0 radical (unpaired) electrons. The third kappa shape index (κ3) is 3.29. The molecular weight excluding hydrogens is 204 g/mol. The molecule has 3 heteroatoms. The molecule has 0 heterocycles. The second-order valence-corrected chi connectivity index (χ2v) is 5.18. The van der Waals surface area contributed by atoms with E-state index < -0.39 is 5.60 Å². The minimum atomic E-state index is -0.577. The van der Waals surface area contributed by atoms with E-state index in [9.17, 15) is 4.79 Å². The molecule has 2 atom stereocenters. The minimum absolute atomic E-state index is 0.0962. The lowest BCUT2D eigenvalue weighted by molar-refractivity contribution is -0.153. The summed E-state index contributed by atoms with van der Waals surface area (Å²) in [6.07, 6.45) is 4.04. The van der Waals surface area contributed by atoms with Gasteiger partial charge >= 0.3 is 0 Å². The van der Waals surface area contributed by atoms with Crippen molar-refractivity contribution in [2.24, 2.45) is 5.92 Å². The van der Waals surface area contributed by atoms with Gasteiger partial charge in [0.05, 0.1) is 6.10 Å². The highest BCUT2D eigenvalue weighted by molar-refractivity contribution is 5.88. The van der Waals surface area contributed by atoms with Crippen LogP contribution in [0.2, 0.25) is 0 Å². The summed E-state index contributed by atoms with van der Waals surface area (Å²) < 4.78 is 10.9. The van der Waals surface area contributed by atoms with Crippen LogP contribution in [0, 0.1) is 5.92 Å². The molecule has 0 saturated heterocycles. The van der Waals surface area contributed by atoms with Crippen LogP contribution < -0.4 is 0 Å². The second-order valence-electron chi connectivity index (χ2n) is 5.18. The number of hydrogen-bond acceptors (Lipinski definition) is 3. The summed E-state index contributed by atoms with van der Waals surface area (Å²) in [5, 5.41) is 0. The van der Waals surface area contributed by atoms with Gasteiger partial charge in [-0.05, 0) is 39.0 Å². The Bertz CT molecular complexity index is 237. The minimum Gasteiger partial charge on any atom is -0.371 e. The zero-order chi connectivity index (χ0) is 12.2. The molecule has 0 N–H and O–H groups in total. The first-order chi connectivity index (χ1) is 7.50. The molecule has 0 bridgehead atoms. The highest BCUT2D eigenvalue weighted by Crippen LogP contribution is 2.35. The fourth-order valence-corrected chi connectivity index (χ4v) is 2.43. The summed E-state index contributed by atoms with van der Waals surface area (Å²) in [7, 11) is 1.64. The first-order valence-electron chi connectivity index (χ1n) is 6.20. The Labute approximate surface area is 98.5 Å². The van der Waals surface area contributed by atoms with Gasteiger partial charge in [-0.25, -0.2) is 0 Å². The van der Waals surface area contributed by atoms with Crippen molar-refractivity contribution < 1.29 is 14.3 Å². The van der Waals surface area contributed by atoms with E-state index in [4.69, 9.17) is 9.47 Å². The third-order valence-electron chi connectivity index (χ3n) is 3.40. The average Bonchev–Trinajstić information content (AvgIpc) is 2.25. The zero-order valence-corrected chi connectivity index (χ0v) is 10.9. The standard InChI is InChI=1S/C13H24O3/c1-10(2)16-9-12(14)13(15-4)7-5-6-11(3)8-13/h10-11H,5-9H2,1-4H3. The van der Waals surface area contributed by atoms with Crippen LogP contribution in [-0.4, -0.2) is 31.2 Å². The number of ketones is 1. The van der Waals surface area contributed by atoms with E-state index in [2.05, 4.69) is 6.92 Å². The highest BCUT2D eigenvalue weighted by atomic mass is 16.5. The molecule has 0 aromatic heterocycles. The first-order valence-corrected chi connectivity index (χ1v) is 6.20. The fourth-order valence-electron chi connectivity index (χ4n) is 2.43. The molecule has 1 aliphatic carbocycles. The van der Waals surface area contributed by atoms with Crippen LogP contribution in [0.1, 0.15) is 46.5 Å². The molecule has 0 spiro atoms. The number of Topliss-reactive ketones (excluding diaryl/α,β-unsaturated/α-hetero) is 1.